The van der Waals surface area contributed by atoms with E-state index in [1.807, 2.05) is 0 Å². The van der Waals surface area contributed by atoms with Gasteiger partial charge in [-0.05, 0) is 25.4 Å². The highest BCUT2D eigenvalue weighted by atomic mass is 28.4. The summed E-state index contributed by atoms with van der Waals surface area (Å²) >= 11 is 0. The molecule has 104 valence electrons. The monoisotopic (exact) mass is 265 g/mol. The van der Waals surface area contributed by atoms with Gasteiger partial charge in [0.05, 0.1) is 0 Å². The van der Waals surface area contributed by atoms with Gasteiger partial charge in [-0.15, -0.1) is 0 Å². The molecule has 0 saturated carbocycles. The zero-order chi connectivity index (χ0) is 13.1. The number of nitrogens with one attached hydrogen (secondary N) is 1. The molecule has 0 rings (SSSR count). The van der Waals surface area contributed by atoms with Crippen LogP contribution in [0.2, 0.25) is 6.04 Å². The summed E-state index contributed by atoms with van der Waals surface area (Å²) in [6, 6.07) is 0.827. The van der Waals surface area contributed by atoms with Crippen LogP contribution in [0.4, 0.5) is 0 Å². The Bertz CT molecular complexity index is 171. The van der Waals surface area contributed by atoms with Gasteiger partial charge in [0.2, 0.25) is 0 Å². The molecular weight excluding hydrogens is 238 g/mol. The van der Waals surface area contributed by atoms with E-state index < -0.39 is 8.80 Å². The Labute approximate surface area is 106 Å². The second kappa shape index (κ2) is 9.99. The number of rotatable bonds is 11. The summed E-state index contributed by atoms with van der Waals surface area (Å²) in [4.78, 5) is 0. The first-order chi connectivity index (χ1) is 8.14. The molecule has 1 unspecified atom stereocenters. The highest BCUT2D eigenvalue weighted by Crippen LogP contribution is 2.18. The van der Waals surface area contributed by atoms with Crippen LogP contribution < -0.4 is 5.32 Å². The average Bonchev–Trinajstić information content (AvgIpc) is 2.36. The van der Waals surface area contributed by atoms with Crippen molar-refractivity contribution < 1.29 is 18.0 Å². The van der Waals surface area contributed by atoms with Gasteiger partial charge in [-0.25, -0.2) is 0 Å². The van der Waals surface area contributed by atoms with Gasteiger partial charge in [0.25, 0.3) is 0 Å². The van der Waals surface area contributed by atoms with Crippen LogP contribution >= 0.6 is 0 Å². The molecule has 1 atom stereocenters. The Hall–Kier alpha value is 0.0169. The lowest BCUT2D eigenvalue weighted by molar-refractivity contribution is 0.118. The number of hydrogen-bond acceptors (Lipinski definition) is 5. The fourth-order valence-electron chi connectivity index (χ4n) is 1.69. The van der Waals surface area contributed by atoms with Crippen molar-refractivity contribution in [1.82, 2.24) is 5.32 Å². The zero-order valence-corrected chi connectivity index (χ0v) is 12.7. The van der Waals surface area contributed by atoms with Crippen LogP contribution in [0.1, 0.15) is 13.3 Å². The van der Waals surface area contributed by atoms with E-state index in [-0.39, 0.29) is 0 Å². The first-order valence-corrected chi connectivity index (χ1v) is 7.92. The van der Waals surface area contributed by atoms with Gasteiger partial charge >= 0.3 is 8.80 Å². The molecule has 0 radical (unpaired) electrons. The summed E-state index contributed by atoms with van der Waals surface area (Å²) in [6.07, 6.45) is 1.03. The molecule has 0 fully saturated rings. The molecule has 5 nitrogen and oxygen atoms in total. The molecule has 0 spiro atoms. The molecule has 0 bridgehead atoms. The van der Waals surface area contributed by atoms with E-state index in [0.717, 1.165) is 32.2 Å². The maximum atomic E-state index is 5.40. The molecule has 6 heteroatoms. The lowest BCUT2D eigenvalue weighted by atomic mass is 10.2. The van der Waals surface area contributed by atoms with Crippen LogP contribution in [0.25, 0.3) is 0 Å². The number of methoxy groups -OCH3 is 1. The van der Waals surface area contributed by atoms with Crippen LogP contribution in [-0.4, -0.2) is 56.9 Å². The number of ether oxygens (including phenoxy) is 1. The van der Waals surface area contributed by atoms with Crippen LogP contribution in [-0.2, 0) is 18.0 Å². The van der Waals surface area contributed by atoms with E-state index in [9.17, 15) is 0 Å². The second-order valence-corrected chi connectivity index (χ2v) is 7.15. The van der Waals surface area contributed by atoms with Gasteiger partial charge < -0.3 is 23.3 Å². The van der Waals surface area contributed by atoms with Gasteiger partial charge in [-0.1, -0.05) is 6.92 Å². The molecule has 0 aromatic carbocycles. The lowest BCUT2D eigenvalue weighted by Crippen LogP contribution is -2.45. The molecule has 0 saturated heterocycles. The number of hydrogen-bond donors (Lipinski definition) is 1. The van der Waals surface area contributed by atoms with Gasteiger partial charge in [-0.2, -0.15) is 0 Å². The third-order valence-corrected chi connectivity index (χ3v) is 5.79. The minimum absolute atomic E-state index is 0.462. The molecule has 0 heterocycles. The van der Waals surface area contributed by atoms with Crippen LogP contribution in [0.3, 0.4) is 0 Å². The molecule has 0 aliphatic heterocycles. The molecule has 1 N–H and O–H groups in total. The van der Waals surface area contributed by atoms with Gasteiger partial charge in [0, 0.05) is 41.1 Å². The van der Waals surface area contributed by atoms with Crippen molar-refractivity contribution in [3.05, 3.63) is 0 Å². The first-order valence-electron chi connectivity index (χ1n) is 5.99. The van der Waals surface area contributed by atoms with E-state index in [1.165, 1.54) is 0 Å². The molecule has 17 heavy (non-hydrogen) atoms. The van der Waals surface area contributed by atoms with Crippen LogP contribution in [0.5, 0.6) is 0 Å². The van der Waals surface area contributed by atoms with Gasteiger partial charge in [0.15, 0.2) is 0 Å². The quantitative estimate of drug-likeness (QED) is 0.448. The van der Waals surface area contributed by atoms with Crippen molar-refractivity contribution in [3.8, 4) is 0 Å². The largest absolute Gasteiger partial charge is 0.500 e. The predicted octanol–water partition coefficient (Wildman–Crippen LogP) is 1.13. The third-order valence-electron chi connectivity index (χ3n) is 2.73. The van der Waals surface area contributed by atoms with Crippen molar-refractivity contribution in [2.45, 2.75) is 19.4 Å². The Morgan fingerprint density at radius 1 is 1.06 bits per heavy atom. The fourth-order valence-corrected chi connectivity index (χ4v) is 3.69. The standard InChI is InChI=1S/C11H27NO4Si/c1-11(9-12-7-6-8-13-2)10-17(14-3,15-4)16-5/h11-12H,6-10H2,1-5H3. The Morgan fingerprint density at radius 2 is 1.65 bits per heavy atom. The summed E-state index contributed by atoms with van der Waals surface area (Å²) in [7, 11) is 4.25. The summed E-state index contributed by atoms with van der Waals surface area (Å²) in [5.41, 5.74) is 0. The highest BCUT2D eigenvalue weighted by Gasteiger charge is 2.39. The third kappa shape index (κ3) is 7.12. The average molecular weight is 265 g/mol. The summed E-state index contributed by atoms with van der Waals surface area (Å²) in [6.45, 7) is 4.88. The maximum Gasteiger partial charge on any atom is 0.500 e. The lowest BCUT2D eigenvalue weighted by Gasteiger charge is -2.27. The topological polar surface area (TPSA) is 49.0 Å². The van der Waals surface area contributed by atoms with Gasteiger partial charge in [-0.3, -0.25) is 0 Å². The predicted molar refractivity (Wildman–Crippen MR) is 70.1 cm³/mol. The van der Waals surface area contributed by atoms with Crippen molar-refractivity contribution >= 4 is 8.80 Å². The molecule has 0 aromatic heterocycles. The van der Waals surface area contributed by atoms with Crippen molar-refractivity contribution in [2.75, 3.05) is 48.1 Å². The summed E-state index contributed by atoms with van der Waals surface area (Å²) < 4.78 is 21.2. The van der Waals surface area contributed by atoms with Crippen molar-refractivity contribution in [3.63, 3.8) is 0 Å². The molecule has 0 aliphatic carbocycles. The molecule has 0 amide bonds. The van der Waals surface area contributed by atoms with Crippen LogP contribution in [0.15, 0.2) is 0 Å². The molecular formula is C11H27NO4Si. The summed E-state index contributed by atoms with van der Waals surface area (Å²) in [5.74, 6) is 0.462. The van der Waals surface area contributed by atoms with E-state index in [4.69, 9.17) is 18.0 Å². The zero-order valence-electron chi connectivity index (χ0n) is 11.7. The Morgan fingerprint density at radius 3 is 2.12 bits per heavy atom. The minimum atomic E-state index is -2.42. The molecule has 0 aromatic rings. The SMILES string of the molecule is COCCCNCC(C)C[Si](OC)(OC)OC. The van der Waals surface area contributed by atoms with E-state index >= 15 is 0 Å². The first kappa shape index (κ1) is 17.0. The maximum absolute atomic E-state index is 5.40. The van der Waals surface area contributed by atoms with Crippen molar-refractivity contribution in [2.24, 2.45) is 5.92 Å². The minimum Gasteiger partial charge on any atom is -0.385 e. The summed E-state index contributed by atoms with van der Waals surface area (Å²) in [5, 5.41) is 3.39. The van der Waals surface area contributed by atoms with E-state index in [1.54, 1.807) is 28.4 Å². The smallest absolute Gasteiger partial charge is 0.385 e. The Balaban J connectivity index is 3.79. The van der Waals surface area contributed by atoms with Gasteiger partial charge in [0.1, 0.15) is 0 Å². The second-order valence-electron chi connectivity index (χ2n) is 4.16. The highest BCUT2D eigenvalue weighted by molar-refractivity contribution is 6.60. The Kier molecular flexibility index (Phi) is 10.00. The van der Waals surface area contributed by atoms with Crippen LogP contribution in [0, 0.1) is 5.92 Å². The van der Waals surface area contributed by atoms with E-state index in [0.29, 0.717) is 5.92 Å². The van der Waals surface area contributed by atoms with Crippen molar-refractivity contribution in [1.29, 1.82) is 0 Å². The normalized spacial score (nSPS) is 13.9. The fraction of sp³-hybridized carbons (Fsp3) is 1.00. The molecule has 0 aliphatic rings. The van der Waals surface area contributed by atoms with E-state index in [2.05, 4.69) is 12.2 Å².